The lowest BCUT2D eigenvalue weighted by molar-refractivity contribution is -0.117. The normalized spacial score (nSPS) is 20.6. The van der Waals surface area contributed by atoms with Gasteiger partial charge in [0.05, 0.1) is 17.3 Å². The standard InChI is InChI=1S/C15H19N3O2S.ClH/c1-20-10-5-6-12-13(8-10)21-15(17-12)18-14(19)7-9-3-2-4-11(9)16;/h5-6,8-9,11H,2-4,7,16H2,1H3,(H,17,18,19);1H/t9-,11+;/m0./s1. The van der Waals surface area contributed by atoms with Crippen LogP contribution in [-0.2, 0) is 4.79 Å². The molecular weight excluding hydrogens is 322 g/mol. The summed E-state index contributed by atoms with van der Waals surface area (Å²) >= 11 is 1.46. The van der Waals surface area contributed by atoms with Crippen LogP contribution in [-0.4, -0.2) is 24.0 Å². The van der Waals surface area contributed by atoms with E-state index in [1.165, 1.54) is 11.3 Å². The van der Waals surface area contributed by atoms with Gasteiger partial charge in [-0.05, 0) is 37.0 Å². The molecule has 2 aromatic rings. The largest absolute Gasteiger partial charge is 0.497 e. The number of benzene rings is 1. The molecule has 1 aromatic heterocycles. The Morgan fingerprint density at radius 3 is 3.00 bits per heavy atom. The topological polar surface area (TPSA) is 77.2 Å². The lowest BCUT2D eigenvalue weighted by Gasteiger charge is -2.13. The molecule has 7 heteroatoms. The van der Waals surface area contributed by atoms with E-state index in [9.17, 15) is 4.79 Å². The van der Waals surface area contributed by atoms with Crippen LogP contribution in [0.25, 0.3) is 10.2 Å². The second-order valence-electron chi connectivity index (χ2n) is 5.46. The third-order valence-corrected chi connectivity index (χ3v) is 4.94. The van der Waals surface area contributed by atoms with Crippen LogP contribution in [0.4, 0.5) is 5.13 Å². The number of anilines is 1. The fourth-order valence-electron chi connectivity index (χ4n) is 2.81. The van der Waals surface area contributed by atoms with Gasteiger partial charge < -0.3 is 15.8 Å². The van der Waals surface area contributed by atoms with E-state index in [1.807, 2.05) is 18.2 Å². The molecule has 1 aliphatic carbocycles. The molecule has 1 aliphatic rings. The maximum absolute atomic E-state index is 12.1. The van der Waals surface area contributed by atoms with Crippen LogP contribution in [0.3, 0.4) is 0 Å². The Bertz CT molecular complexity index is 661. The average molecular weight is 342 g/mol. The summed E-state index contributed by atoms with van der Waals surface area (Å²) in [6.45, 7) is 0. The summed E-state index contributed by atoms with van der Waals surface area (Å²) in [7, 11) is 1.63. The molecular formula is C15H20ClN3O2S. The number of fused-ring (bicyclic) bond motifs is 1. The molecule has 0 aliphatic heterocycles. The second-order valence-corrected chi connectivity index (χ2v) is 6.49. The van der Waals surface area contributed by atoms with Gasteiger partial charge in [0.1, 0.15) is 5.75 Å². The maximum Gasteiger partial charge on any atom is 0.226 e. The van der Waals surface area contributed by atoms with Gasteiger partial charge >= 0.3 is 0 Å². The van der Waals surface area contributed by atoms with Gasteiger partial charge in [-0.25, -0.2) is 4.98 Å². The average Bonchev–Trinajstić information content (AvgIpc) is 3.04. The van der Waals surface area contributed by atoms with Crippen molar-refractivity contribution in [1.29, 1.82) is 0 Å². The van der Waals surface area contributed by atoms with E-state index in [4.69, 9.17) is 10.5 Å². The second kappa shape index (κ2) is 7.26. The highest BCUT2D eigenvalue weighted by molar-refractivity contribution is 7.22. The predicted molar refractivity (Wildman–Crippen MR) is 92.0 cm³/mol. The van der Waals surface area contributed by atoms with Gasteiger partial charge in [0.15, 0.2) is 5.13 Å². The van der Waals surface area contributed by atoms with Crippen molar-refractivity contribution >= 4 is 45.0 Å². The number of rotatable bonds is 4. The zero-order valence-corrected chi connectivity index (χ0v) is 14.0. The van der Waals surface area contributed by atoms with Crippen LogP contribution in [0, 0.1) is 5.92 Å². The van der Waals surface area contributed by atoms with Crippen molar-refractivity contribution in [1.82, 2.24) is 4.98 Å². The Labute approximate surface area is 139 Å². The summed E-state index contributed by atoms with van der Waals surface area (Å²) < 4.78 is 6.19. The third kappa shape index (κ3) is 3.69. The highest BCUT2D eigenvalue weighted by Gasteiger charge is 2.26. The first kappa shape index (κ1) is 17.0. The zero-order valence-electron chi connectivity index (χ0n) is 12.4. The molecule has 0 spiro atoms. The van der Waals surface area contributed by atoms with Gasteiger partial charge in [0.25, 0.3) is 0 Å². The van der Waals surface area contributed by atoms with Crippen molar-refractivity contribution < 1.29 is 9.53 Å². The lowest BCUT2D eigenvalue weighted by Crippen LogP contribution is -2.28. The van der Waals surface area contributed by atoms with E-state index < -0.39 is 0 Å². The fraction of sp³-hybridized carbons (Fsp3) is 0.467. The summed E-state index contributed by atoms with van der Waals surface area (Å²) in [6, 6.07) is 5.85. The van der Waals surface area contributed by atoms with Crippen LogP contribution in [0.1, 0.15) is 25.7 Å². The van der Waals surface area contributed by atoms with Crippen molar-refractivity contribution in [2.75, 3.05) is 12.4 Å². The van der Waals surface area contributed by atoms with Gasteiger partial charge in [0, 0.05) is 12.5 Å². The number of carbonyl (C=O) groups is 1. The van der Waals surface area contributed by atoms with Gasteiger partial charge in [-0.2, -0.15) is 0 Å². The fourth-order valence-corrected chi connectivity index (χ4v) is 3.72. The predicted octanol–water partition coefficient (Wildman–Crippen LogP) is 3.18. The molecule has 2 atom stereocenters. The number of thiazole rings is 1. The van der Waals surface area contributed by atoms with Gasteiger partial charge in [0.2, 0.25) is 5.91 Å². The summed E-state index contributed by atoms with van der Waals surface area (Å²) in [5.41, 5.74) is 6.88. The van der Waals surface area contributed by atoms with Crippen molar-refractivity contribution in [2.45, 2.75) is 31.7 Å². The lowest BCUT2D eigenvalue weighted by atomic mass is 10.00. The van der Waals surface area contributed by atoms with Crippen molar-refractivity contribution in [2.24, 2.45) is 11.7 Å². The minimum Gasteiger partial charge on any atom is -0.497 e. The SMILES string of the molecule is COc1ccc2nc(NC(=O)C[C@@H]3CCC[C@H]3N)sc2c1.Cl. The maximum atomic E-state index is 12.1. The number of nitrogens with two attached hydrogens (primary N) is 1. The smallest absolute Gasteiger partial charge is 0.226 e. The zero-order chi connectivity index (χ0) is 14.8. The molecule has 0 unspecified atom stereocenters. The van der Waals surface area contributed by atoms with Crippen LogP contribution in [0.15, 0.2) is 18.2 Å². The van der Waals surface area contributed by atoms with E-state index in [1.54, 1.807) is 7.11 Å². The van der Waals surface area contributed by atoms with E-state index in [0.717, 1.165) is 35.2 Å². The summed E-state index contributed by atoms with van der Waals surface area (Å²) in [6.07, 6.45) is 3.69. The molecule has 1 saturated carbocycles. The van der Waals surface area contributed by atoms with Crippen molar-refractivity contribution in [3.63, 3.8) is 0 Å². The van der Waals surface area contributed by atoms with Crippen LogP contribution in [0.5, 0.6) is 5.75 Å². The van der Waals surface area contributed by atoms with Crippen LogP contribution in [0.2, 0.25) is 0 Å². The number of methoxy groups -OCH3 is 1. The molecule has 0 radical (unpaired) electrons. The molecule has 5 nitrogen and oxygen atoms in total. The summed E-state index contributed by atoms with van der Waals surface area (Å²) in [5, 5.41) is 3.52. The number of hydrogen-bond donors (Lipinski definition) is 2. The van der Waals surface area contributed by atoms with Crippen molar-refractivity contribution in [3.05, 3.63) is 18.2 Å². The Morgan fingerprint density at radius 1 is 1.50 bits per heavy atom. The first-order valence-corrected chi connectivity index (χ1v) is 7.97. The number of nitrogens with zero attached hydrogens (tertiary/aromatic N) is 1. The number of amides is 1. The molecule has 1 aromatic carbocycles. The van der Waals surface area contributed by atoms with E-state index >= 15 is 0 Å². The third-order valence-electron chi connectivity index (χ3n) is 4.01. The first-order valence-electron chi connectivity index (χ1n) is 7.15. The Kier molecular flexibility index (Phi) is 5.61. The minimum atomic E-state index is 0. The molecule has 1 amide bonds. The molecule has 3 rings (SSSR count). The Hall–Kier alpha value is -1.37. The van der Waals surface area contributed by atoms with Crippen molar-refractivity contribution in [3.8, 4) is 5.75 Å². The highest BCUT2D eigenvalue weighted by atomic mass is 35.5. The van der Waals surface area contributed by atoms with E-state index in [0.29, 0.717) is 17.5 Å². The monoisotopic (exact) mass is 341 g/mol. The van der Waals surface area contributed by atoms with E-state index in [-0.39, 0.29) is 24.4 Å². The number of carbonyl (C=O) groups excluding carboxylic acids is 1. The minimum absolute atomic E-state index is 0. The number of hydrogen-bond acceptors (Lipinski definition) is 5. The number of nitrogens with one attached hydrogen (secondary N) is 1. The molecule has 3 N–H and O–H groups in total. The Morgan fingerprint density at radius 2 is 2.32 bits per heavy atom. The number of halogens is 1. The number of aromatic nitrogens is 1. The van der Waals surface area contributed by atoms with E-state index in [2.05, 4.69) is 10.3 Å². The van der Waals surface area contributed by atoms with Crippen LogP contribution >= 0.6 is 23.7 Å². The molecule has 120 valence electrons. The molecule has 0 saturated heterocycles. The molecule has 0 bridgehead atoms. The number of ether oxygens (including phenoxy) is 1. The highest BCUT2D eigenvalue weighted by Crippen LogP contribution is 2.30. The summed E-state index contributed by atoms with van der Waals surface area (Å²) in [5.74, 6) is 1.10. The molecule has 1 heterocycles. The Balaban J connectivity index is 0.00000176. The van der Waals surface area contributed by atoms with Gasteiger partial charge in [-0.15, -0.1) is 12.4 Å². The first-order chi connectivity index (χ1) is 10.2. The summed E-state index contributed by atoms with van der Waals surface area (Å²) in [4.78, 5) is 16.5. The molecule has 22 heavy (non-hydrogen) atoms. The van der Waals surface area contributed by atoms with Gasteiger partial charge in [-0.1, -0.05) is 17.8 Å². The van der Waals surface area contributed by atoms with Gasteiger partial charge in [-0.3, -0.25) is 4.79 Å². The molecule has 1 fully saturated rings. The quantitative estimate of drug-likeness (QED) is 0.895. The van der Waals surface area contributed by atoms with Crippen LogP contribution < -0.4 is 15.8 Å².